The van der Waals surface area contributed by atoms with E-state index in [1.807, 2.05) is 23.9 Å². The largest absolute Gasteiger partial charge is 0.342 e. The SMILES string of the molecule is CC(NC(=O)c1cc2n(n1)CCCN(C)C2)c1cn2ncsc2n1. The van der Waals surface area contributed by atoms with Crippen LogP contribution in [0.5, 0.6) is 0 Å². The normalized spacial score (nSPS) is 16.8. The second-order valence-electron chi connectivity index (χ2n) is 6.16. The summed E-state index contributed by atoms with van der Waals surface area (Å²) in [5.41, 5.74) is 4.08. The molecule has 9 heteroatoms. The fourth-order valence-corrected chi connectivity index (χ4v) is 3.55. The van der Waals surface area contributed by atoms with E-state index >= 15 is 0 Å². The molecule has 0 spiro atoms. The van der Waals surface area contributed by atoms with Crippen molar-refractivity contribution in [1.29, 1.82) is 0 Å². The summed E-state index contributed by atoms with van der Waals surface area (Å²) in [6, 6.07) is 1.69. The summed E-state index contributed by atoms with van der Waals surface area (Å²) in [5.74, 6) is -0.171. The van der Waals surface area contributed by atoms with Gasteiger partial charge in [-0.3, -0.25) is 9.48 Å². The zero-order chi connectivity index (χ0) is 16.7. The molecule has 0 radical (unpaired) electrons. The third-order valence-corrected chi connectivity index (χ3v) is 4.92. The minimum atomic E-state index is -0.199. The van der Waals surface area contributed by atoms with Crippen LogP contribution < -0.4 is 5.32 Å². The number of carbonyl (C=O) groups is 1. The average molecular weight is 345 g/mol. The third-order valence-electron chi connectivity index (χ3n) is 4.23. The first kappa shape index (κ1) is 15.3. The molecule has 0 aliphatic carbocycles. The lowest BCUT2D eigenvalue weighted by Crippen LogP contribution is -2.27. The van der Waals surface area contributed by atoms with Gasteiger partial charge in [-0.15, -0.1) is 0 Å². The van der Waals surface area contributed by atoms with Gasteiger partial charge < -0.3 is 10.2 Å². The van der Waals surface area contributed by atoms with E-state index in [1.165, 1.54) is 11.3 Å². The zero-order valence-corrected chi connectivity index (χ0v) is 14.5. The molecule has 0 saturated carbocycles. The lowest BCUT2D eigenvalue weighted by atomic mass is 10.2. The van der Waals surface area contributed by atoms with Crippen LogP contribution in [0.2, 0.25) is 0 Å². The van der Waals surface area contributed by atoms with Crippen LogP contribution in [0.25, 0.3) is 4.96 Å². The molecule has 8 nitrogen and oxygen atoms in total. The van der Waals surface area contributed by atoms with Crippen LogP contribution in [-0.2, 0) is 13.1 Å². The number of aryl methyl sites for hydroxylation is 1. The maximum atomic E-state index is 12.5. The van der Waals surface area contributed by atoms with Crippen LogP contribution in [0.1, 0.15) is 41.3 Å². The van der Waals surface area contributed by atoms with E-state index in [9.17, 15) is 4.79 Å². The fraction of sp³-hybridized carbons (Fsp3) is 0.467. The van der Waals surface area contributed by atoms with Gasteiger partial charge in [-0.25, -0.2) is 9.50 Å². The number of hydrogen-bond donors (Lipinski definition) is 1. The van der Waals surface area contributed by atoms with E-state index in [4.69, 9.17) is 0 Å². The smallest absolute Gasteiger partial charge is 0.272 e. The van der Waals surface area contributed by atoms with E-state index in [1.54, 1.807) is 10.0 Å². The maximum absolute atomic E-state index is 12.5. The van der Waals surface area contributed by atoms with Gasteiger partial charge in [0.05, 0.1) is 23.6 Å². The lowest BCUT2D eigenvalue weighted by molar-refractivity contribution is 0.0933. The molecule has 1 amide bonds. The Morgan fingerprint density at radius 2 is 2.29 bits per heavy atom. The minimum absolute atomic E-state index is 0.171. The monoisotopic (exact) mass is 345 g/mol. The Balaban J connectivity index is 1.49. The molecule has 4 rings (SSSR count). The van der Waals surface area contributed by atoms with Crippen LogP contribution in [0, 0.1) is 0 Å². The molecule has 3 aromatic heterocycles. The summed E-state index contributed by atoms with van der Waals surface area (Å²) >= 11 is 1.47. The van der Waals surface area contributed by atoms with Crippen molar-refractivity contribution in [2.75, 3.05) is 13.6 Å². The molecular formula is C15H19N7OS. The first-order chi connectivity index (χ1) is 11.6. The van der Waals surface area contributed by atoms with E-state index in [2.05, 4.69) is 32.4 Å². The summed E-state index contributed by atoms with van der Waals surface area (Å²) in [6.45, 7) is 4.64. The molecule has 1 aliphatic heterocycles. The number of imidazole rings is 1. The zero-order valence-electron chi connectivity index (χ0n) is 13.6. The standard InChI is InChI=1S/C15H19N7OS/c1-10(13-8-22-15(18-13)24-9-16-22)17-14(23)12-6-11-7-20(2)4-3-5-21(11)19-12/h6,8-10H,3-5,7H2,1-2H3,(H,17,23). The molecule has 1 aliphatic rings. The van der Waals surface area contributed by atoms with Gasteiger partial charge in [0.15, 0.2) is 5.69 Å². The highest BCUT2D eigenvalue weighted by Crippen LogP contribution is 2.17. The molecule has 0 aromatic carbocycles. The molecule has 126 valence electrons. The number of nitrogens with one attached hydrogen (secondary N) is 1. The van der Waals surface area contributed by atoms with Crippen LogP contribution in [0.3, 0.4) is 0 Å². The number of aromatic nitrogens is 5. The summed E-state index contributed by atoms with van der Waals surface area (Å²) in [7, 11) is 2.09. The number of fused-ring (bicyclic) bond motifs is 2. The van der Waals surface area contributed by atoms with Crippen LogP contribution in [-0.4, -0.2) is 48.8 Å². The second-order valence-corrected chi connectivity index (χ2v) is 6.97. The van der Waals surface area contributed by atoms with Crippen LogP contribution in [0.15, 0.2) is 17.8 Å². The Bertz CT molecular complexity index is 851. The predicted molar refractivity (Wildman–Crippen MR) is 89.9 cm³/mol. The van der Waals surface area contributed by atoms with Crippen molar-refractivity contribution in [1.82, 2.24) is 34.6 Å². The van der Waals surface area contributed by atoms with Gasteiger partial charge in [0.2, 0.25) is 4.96 Å². The van der Waals surface area contributed by atoms with E-state index in [0.29, 0.717) is 5.69 Å². The van der Waals surface area contributed by atoms with Gasteiger partial charge in [-0.1, -0.05) is 11.3 Å². The van der Waals surface area contributed by atoms with Crippen molar-refractivity contribution in [3.63, 3.8) is 0 Å². The van der Waals surface area contributed by atoms with Crippen molar-refractivity contribution in [2.45, 2.75) is 32.5 Å². The average Bonchev–Trinajstić information content (AvgIpc) is 3.20. The Morgan fingerprint density at radius 1 is 1.42 bits per heavy atom. The molecule has 0 bridgehead atoms. The van der Waals surface area contributed by atoms with Gasteiger partial charge in [0.1, 0.15) is 5.51 Å². The number of hydrogen-bond acceptors (Lipinski definition) is 6. The third kappa shape index (κ3) is 2.80. The number of nitrogens with zero attached hydrogens (tertiary/aromatic N) is 6. The summed E-state index contributed by atoms with van der Waals surface area (Å²) in [6.07, 6.45) is 2.88. The second kappa shape index (κ2) is 5.99. The van der Waals surface area contributed by atoms with Crippen molar-refractivity contribution in [3.05, 3.63) is 34.9 Å². The maximum Gasteiger partial charge on any atom is 0.272 e. The molecule has 24 heavy (non-hydrogen) atoms. The first-order valence-electron chi connectivity index (χ1n) is 7.95. The van der Waals surface area contributed by atoms with E-state index < -0.39 is 0 Å². The lowest BCUT2D eigenvalue weighted by Gasteiger charge is -2.11. The van der Waals surface area contributed by atoms with Gasteiger partial charge in [-0.2, -0.15) is 10.2 Å². The number of rotatable bonds is 3. The van der Waals surface area contributed by atoms with E-state index in [0.717, 1.165) is 42.4 Å². The fourth-order valence-electron chi connectivity index (χ4n) is 2.94. The highest BCUT2D eigenvalue weighted by atomic mass is 32.1. The molecular weight excluding hydrogens is 326 g/mol. The number of amides is 1. The molecule has 0 saturated heterocycles. The number of carbonyl (C=O) groups excluding carboxylic acids is 1. The molecule has 4 heterocycles. The Labute approximate surface area is 143 Å². The molecule has 1 N–H and O–H groups in total. The van der Waals surface area contributed by atoms with Gasteiger partial charge in [-0.05, 0) is 26.5 Å². The molecule has 3 aromatic rings. The van der Waals surface area contributed by atoms with Crippen LogP contribution >= 0.6 is 11.3 Å². The van der Waals surface area contributed by atoms with Crippen LogP contribution in [0.4, 0.5) is 0 Å². The first-order valence-corrected chi connectivity index (χ1v) is 8.83. The highest BCUT2D eigenvalue weighted by molar-refractivity contribution is 7.14. The van der Waals surface area contributed by atoms with Crippen molar-refractivity contribution < 1.29 is 4.79 Å². The Hall–Kier alpha value is -2.26. The Morgan fingerprint density at radius 3 is 3.12 bits per heavy atom. The topological polar surface area (TPSA) is 80.4 Å². The van der Waals surface area contributed by atoms with Crippen molar-refractivity contribution in [3.8, 4) is 0 Å². The van der Waals surface area contributed by atoms with Crippen molar-refractivity contribution >= 4 is 22.2 Å². The van der Waals surface area contributed by atoms with Gasteiger partial charge in [0.25, 0.3) is 5.91 Å². The Kier molecular flexibility index (Phi) is 3.81. The molecule has 0 fully saturated rings. The van der Waals surface area contributed by atoms with Gasteiger partial charge in [0, 0.05) is 19.6 Å². The molecule has 1 atom stereocenters. The molecule has 1 unspecified atom stereocenters. The van der Waals surface area contributed by atoms with Gasteiger partial charge >= 0.3 is 0 Å². The quantitative estimate of drug-likeness (QED) is 0.774. The summed E-state index contributed by atoms with van der Waals surface area (Å²) < 4.78 is 3.66. The highest BCUT2D eigenvalue weighted by Gasteiger charge is 2.20. The summed E-state index contributed by atoms with van der Waals surface area (Å²) in [4.78, 5) is 20.1. The summed E-state index contributed by atoms with van der Waals surface area (Å²) in [5, 5.41) is 11.6. The van der Waals surface area contributed by atoms with E-state index in [-0.39, 0.29) is 11.9 Å². The minimum Gasteiger partial charge on any atom is -0.342 e. The predicted octanol–water partition coefficient (Wildman–Crippen LogP) is 1.31. The van der Waals surface area contributed by atoms with Crippen molar-refractivity contribution in [2.24, 2.45) is 0 Å².